The van der Waals surface area contributed by atoms with Gasteiger partial charge >= 0.3 is 6.03 Å². The summed E-state index contributed by atoms with van der Waals surface area (Å²) in [7, 11) is -1.61. The summed E-state index contributed by atoms with van der Waals surface area (Å²) in [4.78, 5) is 14.0. The highest BCUT2D eigenvalue weighted by Gasteiger charge is 2.16. The lowest BCUT2D eigenvalue weighted by Crippen LogP contribution is -2.32. The third kappa shape index (κ3) is 6.55. The first kappa shape index (κ1) is 19.5. The molecule has 2 N–H and O–H groups in total. The molecule has 25 heavy (non-hydrogen) atoms. The van der Waals surface area contributed by atoms with Gasteiger partial charge in [-0.15, -0.1) is 0 Å². The van der Waals surface area contributed by atoms with Crippen molar-refractivity contribution in [2.24, 2.45) is 0 Å². The van der Waals surface area contributed by atoms with Crippen molar-refractivity contribution in [1.82, 2.24) is 4.90 Å². The van der Waals surface area contributed by atoms with E-state index in [9.17, 15) is 13.2 Å². The number of urea groups is 1. The third-order valence-corrected chi connectivity index (χ3v) is 4.78. The van der Waals surface area contributed by atoms with Gasteiger partial charge in [-0.25, -0.2) is 13.2 Å². The molecule has 140 valence electrons. The van der Waals surface area contributed by atoms with E-state index in [-0.39, 0.29) is 6.03 Å². The molecule has 0 aliphatic carbocycles. The van der Waals surface area contributed by atoms with Gasteiger partial charge in [0, 0.05) is 25.9 Å². The molecule has 2 rings (SSSR count). The number of hydrogen-bond donors (Lipinski definition) is 2. The van der Waals surface area contributed by atoms with Crippen LogP contribution in [0.1, 0.15) is 31.2 Å². The van der Waals surface area contributed by atoms with Gasteiger partial charge < -0.3 is 15.0 Å². The van der Waals surface area contributed by atoms with Crippen molar-refractivity contribution in [3.63, 3.8) is 0 Å². The zero-order valence-electron chi connectivity index (χ0n) is 15.0. The average Bonchev–Trinajstić information content (AvgIpc) is 3.02. The minimum atomic E-state index is -3.36. The standard InChI is InChI=1S/C17H27N3O4S/c1-13-8-9-14(19-25(3,22)23)12-16(13)18-17(21)20(2)10-4-6-15-7-5-11-24-15/h8-9,12,15,19H,4-7,10-11H2,1-3H3,(H,18,21)/t15-/m1/s1. The van der Waals surface area contributed by atoms with Gasteiger partial charge in [0.2, 0.25) is 10.0 Å². The van der Waals surface area contributed by atoms with Crippen LogP contribution < -0.4 is 10.0 Å². The second-order valence-electron chi connectivity index (χ2n) is 6.53. The molecule has 0 aromatic heterocycles. The predicted octanol–water partition coefficient (Wildman–Crippen LogP) is 2.79. The lowest BCUT2D eigenvalue weighted by atomic mass is 10.1. The average molecular weight is 369 g/mol. The van der Waals surface area contributed by atoms with Crippen molar-refractivity contribution >= 4 is 27.4 Å². The van der Waals surface area contributed by atoms with E-state index < -0.39 is 10.0 Å². The number of benzene rings is 1. The Hall–Kier alpha value is -1.80. The van der Waals surface area contributed by atoms with Crippen LogP contribution in [0.25, 0.3) is 0 Å². The molecule has 7 nitrogen and oxygen atoms in total. The first-order valence-electron chi connectivity index (χ1n) is 8.47. The second-order valence-corrected chi connectivity index (χ2v) is 8.28. The molecule has 1 saturated heterocycles. The highest BCUT2D eigenvalue weighted by Crippen LogP contribution is 2.21. The van der Waals surface area contributed by atoms with Gasteiger partial charge in [-0.05, 0) is 50.3 Å². The summed E-state index contributed by atoms with van der Waals surface area (Å²) in [6, 6.07) is 4.83. The zero-order chi connectivity index (χ0) is 18.4. The van der Waals surface area contributed by atoms with E-state index in [2.05, 4.69) is 10.0 Å². The van der Waals surface area contributed by atoms with E-state index in [0.717, 1.165) is 44.1 Å². The minimum Gasteiger partial charge on any atom is -0.378 e. The monoisotopic (exact) mass is 369 g/mol. The van der Waals surface area contributed by atoms with Gasteiger partial charge in [-0.2, -0.15) is 0 Å². The summed E-state index contributed by atoms with van der Waals surface area (Å²) >= 11 is 0. The van der Waals surface area contributed by atoms with Gasteiger partial charge in [-0.1, -0.05) is 6.07 Å². The summed E-state index contributed by atoms with van der Waals surface area (Å²) in [6.07, 6.45) is 5.51. The Morgan fingerprint density at radius 1 is 1.40 bits per heavy atom. The molecular formula is C17H27N3O4S. The fourth-order valence-electron chi connectivity index (χ4n) is 2.77. The molecule has 8 heteroatoms. The highest BCUT2D eigenvalue weighted by molar-refractivity contribution is 7.92. The summed E-state index contributed by atoms with van der Waals surface area (Å²) < 4.78 is 30.7. The van der Waals surface area contributed by atoms with Crippen LogP contribution in [0.5, 0.6) is 0 Å². The molecule has 1 atom stereocenters. The number of hydrogen-bond acceptors (Lipinski definition) is 4. The highest BCUT2D eigenvalue weighted by atomic mass is 32.2. The van der Waals surface area contributed by atoms with Crippen LogP contribution >= 0.6 is 0 Å². The Balaban J connectivity index is 1.88. The van der Waals surface area contributed by atoms with Gasteiger partial charge in [0.05, 0.1) is 18.0 Å². The molecule has 1 aliphatic rings. The van der Waals surface area contributed by atoms with Gasteiger partial charge in [0.1, 0.15) is 0 Å². The van der Waals surface area contributed by atoms with Gasteiger partial charge in [0.15, 0.2) is 0 Å². The molecule has 0 saturated carbocycles. The number of aryl methyl sites for hydroxylation is 1. The minimum absolute atomic E-state index is 0.216. The molecule has 1 fully saturated rings. The van der Waals surface area contributed by atoms with Crippen molar-refractivity contribution in [3.05, 3.63) is 23.8 Å². The smallest absolute Gasteiger partial charge is 0.321 e. The van der Waals surface area contributed by atoms with Gasteiger partial charge in [0.25, 0.3) is 0 Å². The molecule has 1 aromatic carbocycles. The Morgan fingerprint density at radius 2 is 2.16 bits per heavy atom. The normalized spacial score (nSPS) is 17.3. The number of rotatable bonds is 7. The summed E-state index contributed by atoms with van der Waals surface area (Å²) in [6.45, 7) is 3.35. The van der Waals surface area contributed by atoms with E-state index in [1.807, 2.05) is 6.92 Å². The molecule has 1 heterocycles. The number of ether oxygens (including phenoxy) is 1. The second kappa shape index (κ2) is 8.53. The SMILES string of the molecule is Cc1ccc(NS(C)(=O)=O)cc1NC(=O)N(C)CCC[C@@H]1CCCO1. The first-order chi connectivity index (χ1) is 11.7. The van der Waals surface area contributed by atoms with Crippen LogP contribution in [0.4, 0.5) is 16.2 Å². The van der Waals surface area contributed by atoms with E-state index >= 15 is 0 Å². The number of carbonyl (C=O) groups excluding carboxylic acids is 1. The zero-order valence-corrected chi connectivity index (χ0v) is 15.9. The van der Waals surface area contributed by atoms with E-state index in [1.165, 1.54) is 0 Å². The van der Waals surface area contributed by atoms with Crippen LogP contribution in [-0.4, -0.2) is 51.9 Å². The third-order valence-electron chi connectivity index (χ3n) is 4.17. The first-order valence-corrected chi connectivity index (χ1v) is 10.4. The number of amides is 2. The van der Waals surface area contributed by atoms with Gasteiger partial charge in [-0.3, -0.25) is 4.72 Å². The largest absolute Gasteiger partial charge is 0.378 e. The molecule has 1 aliphatic heterocycles. The fourth-order valence-corrected chi connectivity index (χ4v) is 3.33. The van der Waals surface area contributed by atoms with E-state index in [0.29, 0.717) is 24.0 Å². The number of nitrogens with one attached hydrogen (secondary N) is 2. The van der Waals surface area contributed by atoms with E-state index in [1.54, 1.807) is 30.1 Å². The molecule has 0 spiro atoms. The maximum Gasteiger partial charge on any atom is 0.321 e. The molecule has 0 unspecified atom stereocenters. The molecule has 1 aromatic rings. The Kier molecular flexibility index (Phi) is 6.66. The quantitative estimate of drug-likeness (QED) is 0.774. The number of carbonyl (C=O) groups is 1. The van der Waals surface area contributed by atoms with Crippen molar-refractivity contribution in [3.8, 4) is 0 Å². The lowest BCUT2D eigenvalue weighted by molar-refractivity contribution is 0.101. The number of anilines is 2. The van der Waals surface area contributed by atoms with Crippen molar-refractivity contribution in [1.29, 1.82) is 0 Å². The Labute approximate surface area is 149 Å². The molecule has 0 radical (unpaired) electrons. The molecule has 0 bridgehead atoms. The molecular weight excluding hydrogens is 342 g/mol. The fraction of sp³-hybridized carbons (Fsp3) is 0.588. The van der Waals surface area contributed by atoms with Crippen molar-refractivity contribution in [2.75, 3.05) is 36.5 Å². The number of nitrogens with zero attached hydrogens (tertiary/aromatic N) is 1. The Morgan fingerprint density at radius 3 is 2.80 bits per heavy atom. The predicted molar refractivity (Wildman–Crippen MR) is 99.5 cm³/mol. The summed E-state index contributed by atoms with van der Waals surface area (Å²) in [5.41, 5.74) is 1.87. The topological polar surface area (TPSA) is 87.7 Å². The van der Waals surface area contributed by atoms with Crippen LogP contribution in [0.15, 0.2) is 18.2 Å². The maximum absolute atomic E-state index is 12.3. The molecule has 2 amide bonds. The maximum atomic E-state index is 12.3. The van der Waals surface area contributed by atoms with Crippen molar-refractivity contribution in [2.45, 2.75) is 38.7 Å². The van der Waals surface area contributed by atoms with E-state index in [4.69, 9.17) is 4.74 Å². The summed E-state index contributed by atoms with van der Waals surface area (Å²) in [5.74, 6) is 0. The lowest BCUT2D eigenvalue weighted by Gasteiger charge is -2.20. The van der Waals surface area contributed by atoms with Crippen molar-refractivity contribution < 1.29 is 17.9 Å². The van der Waals surface area contributed by atoms with Crippen LogP contribution in [-0.2, 0) is 14.8 Å². The Bertz CT molecular complexity index is 700. The van der Waals surface area contributed by atoms with Crippen LogP contribution in [0.2, 0.25) is 0 Å². The van der Waals surface area contributed by atoms with Crippen LogP contribution in [0, 0.1) is 6.92 Å². The van der Waals surface area contributed by atoms with Crippen LogP contribution in [0.3, 0.4) is 0 Å². The summed E-state index contributed by atoms with van der Waals surface area (Å²) in [5, 5.41) is 2.84. The number of sulfonamides is 1.